The second-order valence-electron chi connectivity index (χ2n) is 7.60. The number of carboxylic acids is 1. The highest BCUT2D eigenvalue weighted by atomic mass is 32.1. The molecule has 0 radical (unpaired) electrons. The van der Waals surface area contributed by atoms with Gasteiger partial charge in [-0.1, -0.05) is 32.9 Å². The Kier molecular flexibility index (Phi) is 8.70. The van der Waals surface area contributed by atoms with Crippen LogP contribution in [0, 0.1) is 11.8 Å². The molecule has 0 saturated carbocycles. The van der Waals surface area contributed by atoms with Crippen molar-refractivity contribution < 1.29 is 14.7 Å². The largest absolute Gasteiger partial charge is 0.478 e. The van der Waals surface area contributed by atoms with Gasteiger partial charge in [0.05, 0.1) is 18.7 Å². The molecule has 1 unspecified atom stereocenters. The molecular formula is C21H30N4O3S. The Hall–Kier alpha value is -2.35. The van der Waals surface area contributed by atoms with E-state index in [1.165, 1.54) is 0 Å². The lowest BCUT2D eigenvalue weighted by molar-refractivity contribution is -0.125. The van der Waals surface area contributed by atoms with Gasteiger partial charge in [0, 0.05) is 18.1 Å². The molecule has 29 heavy (non-hydrogen) atoms. The molecule has 2 aromatic rings. The molecule has 158 valence electrons. The first-order valence-corrected chi connectivity index (χ1v) is 10.6. The van der Waals surface area contributed by atoms with E-state index in [1.54, 1.807) is 24.3 Å². The number of hydrogen-bond acceptors (Lipinski definition) is 5. The van der Waals surface area contributed by atoms with Gasteiger partial charge in [0.15, 0.2) is 5.82 Å². The van der Waals surface area contributed by atoms with E-state index in [9.17, 15) is 9.59 Å². The van der Waals surface area contributed by atoms with Crippen molar-refractivity contribution in [1.82, 2.24) is 20.1 Å². The minimum Gasteiger partial charge on any atom is -0.478 e. The monoisotopic (exact) mass is 418 g/mol. The lowest BCUT2D eigenvalue weighted by Crippen LogP contribution is -2.33. The Balaban J connectivity index is 2.14. The van der Waals surface area contributed by atoms with Crippen LogP contribution in [0.15, 0.2) is 24.3 Å². The molecule has 0 aliphatic carbocycles. The molecule has 1 amide bonds. The van der Waals surface area contributed by atoms with Crippen LogP contribution in [-0.4, -0.2) is 37.5 Å². The van der Waals surface area contributed by atoms with Gasteiger partial charge in [-0.15, -0.1) is 10.2 Å². The SMILES string of the molecule is CCCc1nnc(CNC(=O)C(CS)CC(C)C)n1Cc1ccc(C(=O)O)cc1. The van der Waals surface area contributed by atoms with E-state index in [2.05, 4.69) is 48.9 Å². The van der Waals surface area contributed by atoms with Crippen LogP contribution in [0.2, 0.25) is 0 Å². The summed E-state index contributed by atoms with van der Waals surface area (Å²) in [6.07, 6.45) is 2.50. The van der Waals surface area contributed by atoms with Gasteiger partial charge in [-0.05, 0) is 36.5 Å². The Morgan fingerprint density at radius 1 is 1.17 bits per heavy atom. The van der Waals surface area contributed by atoms with Crippen LogP contribution in [0.25, 0.3) is 0 Å². The van der Waals surface area contributed by atoms with Crippen molar-refractivity contribution in [2.45, 2.75) is 53.1 Å². The highest BCUT2D eigenvalue weighted by molar-refractivity contribution is 7.80. The standard InChI is InChI=1S/C21H30N4O3S/c1-4-5-18-23-24-19(11-22-20(26)17(13-29)10-14(2)3)25(18)12-15-6-8-16(9-7-15)21(27)28/h6-9,14,17,29H,4-5,10-13H2,1-3H3,(H,22,26)(H,27,28). The van der Waals surface area contributed by atoms with E-state index in [4.69, 9.17) is 5.11 Å². The number of nitrogens with zero attached hydrogens (tertiary/aromatic N) is 3. The van der Waals surface area contributed by atoms with Crippen LogP contribution >= 0.6 is 12.6 Å². The molecule has 8 heteroatoms. The molecule has 1 aromatic heterocycles. The fraction of sp³-hybridized carbons (Fsp3) is 0.524. The molecule has 0 bridgehead atoms. The normalized spacial score (nSPS) is 12.2. The van der Waals surface area contributed by atoms with Gasteiger partial charge >= 0.3 is 5.97 Å². The van der Waals surface area contributed by atoms with Crippen molar-refractivity contribution in [1.29, 1.82) is 0 Å². The second-order valence-corrected chi connectivity index (χ2v) is 7.96. The molecule has 2 rings (SSSR count). The van der Waals surface area contributed by atoms with Crippen LogP contribution in [0.3, 0.4) is 0 Å². The zero-order valence-electron chi connectivity index (χ0n) is 17.3. The van der Waals surface area contributed by atoms with Gasteiger partial charge in [-0.25, -0.2) is 4.79 Å². The molecule has 0 aliphatic rings. The third kappa shape index (κ3) is 6.59. The summed E-state index contributed by atoms with van der Waals surface area (Å²) in [6, 6.07) is 6.76. The first kappa shape index (κ1) is 22.9. The van der Waals surface area contributed by atoms with Crippen molar-refractivity contribution in [2.75, 3.05) is 5.75 Å². The topological polar surface area (TPSA) is 97.1 Å². The Morgan fingerprint density at radius 2 is 1.83 bits per heavy atom. The van der Waals surface area contributed by atoms with Crippen molar-refractivity contribution in [3.63, 3.8) is 0 Å². The summed E-state index contributed by atoms with van der Waals surface area (Å²) in [5, 5.41) is 20.6. The number of carbonyl (C=O) groups is 2. The summed E-state index contributed by atoms with van der Waals surface area (Å²) in [7, 11) is 0. The molecule has 0 aliphatic heterocycles. The van der Waals surface area contributed by atoms with Crippen molar-refractivity contribution >= 4 is 24.5 Å². The maximum absolute atomic E-state index is 12.5. The third-order valence-corrected chi connectivity index (χ3v) is 5.13. The molecular weight excluding hydrogens is 388 g/mol. The summed E-state index contributed by atoms with van der Waals surface area (Å²) in [5.74, 6) is 1.37. The van der Waals surface area contributed by atoms with Crippen LogP contribution in [0.4, 0.5) is 0 Å². The quantitative estimate of drug-likeness (QED) is 0.487. The van der Waals surface area contributed by atoms with Crippen LogP contribution < -0.4 is 5.32 Å². The maximum atomic E-state index is 12.5. The predicted molar refractivity (Wildman–Crippen MR) is 115 cm³/mol. The minimum absolute atomic E-state index is 0.0221. The molecule has 0 saturated heterocycles. The van der Waals surface area contributed by atoms with Crippen LogP contribution in [-0.2, 0) is 24.3 Å². The van der Waals surface area contributed by atoms with E-state index in [0.717, 1.165) is 30.7 Å². The summed E-state index contributed by atoms with van der Waals surface area (Å²) < 4.78 is 2.00. The smallest absolute Gasteiger partial charge is 0.335 e. The van der Waals surface area contributed by atoms with E-state index in [1.807, 2.05) is 4.57 Å². The number of benzene rings is 1. The fourth-order valence-corrected chi connectivity index (χ4v) is 3.49. The zero-order chi connectivity index (χ0) is 21.4. The lowest BCUT2D eigenvalue weighted by Gasteiger charge is -2.17. The average Bonchev–Trinajstić information content (AvgIpc) is 3.06. The number of aryl methyl sites for hydroxylation is 1. The van der Waals surface area contributed by atoms with Crippen LogP contribution in [0.5, 0.6) is 0 Å². The number of carbonyl (C=O) groups excluding carboxylic acids is 1. The van der Waals surface area contributed by atoms with Gasteiger partial charge in [0.25, 0.3) is 0 Å². The number of rotatable bonds is 11. The second kappa shape index (κ2) is 11.0. The molecule has 1 heterocycles. The summed E-state index contributed by atoms with van der Waals surface area (Å²) in [6.45, 7) is 7.08. The zero-order valence-corrected chi connectivity index (χ0v) is 18.2. The number of nitrogens with one attached hydrogen (secondary N) is 1. The van der Waals surface area contributed by atoms with E-state index < -0.39 is 5.97 Å². The molecule has 1 atom stereocenters. The Morgan fingerprint density at radius 3 is 2.38 bits per heavy atom. The number of aromatic nitrogens is 3. The van der Waals surface area contributed by atoms with E-state index in [0.29, 0.717) is 30.6 Å². The number of thiol groups is 1. The molecule has 2 N–H and O–H groups in total. The number of amides is 1. The Labute approximate surface area is 177 Å². The van der Waals surface area contributed by atoms with Crippen molar-refractivity contribution in [3.8, 4) is 0 Å². The lowest BCUT2D eigenvalue weighted by atomic mass is 9.98. The summed E-state index contributed by atoms with van der Waals surface area (Å²) >= 11 is 4.31. The molecule has 1 aromatic carbocycles. The first-order chi connectivity index (χ1) is 13.8. The predicted octanol–water partition coefficient (Wildman–Crippen LogP) is 3.19. The Bertz CT molecular complexity index is 818. The third-order valence-electron chi connectivity index (χ3n) is 4.69. The minimum atomic E-state index is -0.948. The first-order valence-electron chi connectivity index (χ1n) is 9.97. The van der Waals surface area contributed by atoms with Crippen molar-refractivity contribution in [3.05, 3.63) is 47.0 Å². The molecule has 0 spiro atoms. The highest BCUT2D eigenvalue weighted by Gasteiger charge is 2.19. The molecule has 7 nitrogen and oxygen atoms in total. The fourth-order valence-electron chi connectivity index (χ4n) is 3.17. The molecule has 0 fully saturated rings. The van der Waals surface area contributed by atoms with E-state index >= 15 is 0 Å². The van der Waals surface area contributed by atoms with Crippen LogP contribution in [0.1, 0.15) is 61.2 Å². The van der Waals surface area contributed by atoms with E-state index in [-0.39, 0.29) is 17.4 Å². The summed E-state index contributed by atoms with van der Waals surface area (Å²) in [4.78, 5) is 23.6. The number of aromatic carboxylic acids is 1. The van der Waals surface area contributed by atoms with Gasteiger partial charge in [0.1, 0.15) is 5.82 Å². The van der Waals surface area contributed by atoms with Gasteiger partial charge in [-0.3, -0.25) is 4.79 Å². The van der Waals surface area contributed by atoms with Gasteiger partial charge < -0.3 is 15.0 Å². The van der Waals surface area contributed by atoms with Gasteiger partial charge in [-0.2, -0.15) is 12.6 Å². The number of carboxylic acid groups (broad SMARTS) is 1. The maximum Gasteiger partial charge on any atom is 0.335 e. The summed E-state index contributed by atoms with van der Waals surface area (Å²) in [5.41, 5.74) is 1.20. The average molecular weight is 419 g/mol. The highest BCUT2D eigenvalue weighted by Crippen LogP contribution is 2.15. The van der Waals surface area contributed by atoms with Gasteiger partial charge in [0.2, 0.25) is 5.91 Å². The number of hydrogen-bond donors (Lipinski definition) is 3. The van der Waals surface area contributed by atoms with Crippen molar-refractivity contribution in [2.24, 2.45) is 11.8 Å².